The molecule has 21 heavy (non-hydrogen) atoms. The maximum atomic E-state index is 9.33. The number of halogens is 1. The second-order valence-corrected chi connectivity index (χ2v) is 5.15. The maximum absolute atomic E-state index is 9.33. The van der Waals surface area contributed by atoms with E-state index >= 15 is 0 Å². The zero-order valence-electron chi connectivity index (χ0n) is 11.4. The molecule has 1 heterocycles. The fourth-order valence-electron chi connectivity index (χ4n) is 2.04. The van der Waals surface area contributed by atoms with Crippen LogP contribution in [0.15, 0.2) is 24.3 Å². The molecule has 0 saturated heterocycles. The van der Waals surface area contributed by atoms with Crippen molar-refractivity contribution in [1.29, 1.82) is 5.26 Å². The van der Waals surface area contributed by atoms with Gasteiger partial charge in [-0.25, -0.2) is 4.98 Å². The van der Waals surface area contributed by atoms with Crippen molar-refractivity contribution < 1.29 is 4.74 Å². The minimum Gasteiger partial charge on any atom is -0.496 e. The molecule has 0 bridgehead atoms. The van der Waals surface area contributed by atoms with Gasteiger partial charge in [-0.3, -0.25) is 0 Å². The maximum Gasteiger partial charge on any atom is 0.224 e. The first-order chi connectivity index (χ1) is 10.2. The quantitative estimate of drug-likeness (QED) is 0.878. The lowest BCUT2D eigenvalue weighted by molar-refractivity contribution is 0.416. The summed E-state index contributed by atoms with van der Waals surface area (Å²) >= 11 is 6.13. The fraction of sp³-hybridized carbons (Fsp3) is 0.267. The molecule has 3 rings (SSSR count). The third kappa shape index (κ3) is 2.76. The van der Waals surface area contributed by atoms with Crippen LogP contribution in [-0.2, 0) is 0 Å². The molecule has 1 fully saturated rings. The van der Waals surface area contributed by atoms with Crippen LogP contribution in [0.2, 0.25) is 5.15 Å². The van der Waals surface area contributed by atoms with Gasteiger partial charge in [0.2, 0.25) is 5.95 Å². The Kier molecular flexibility index (Phi) is 3.63. The molecular weight excluding hydrogens is 288 g/mol. The molecule has 1 aliphatic rings. The van der Waals surface area contributed by atoms with Gasteiger partial charge in [0, 0.05) is 11.6 Å². The van der Waals surface area contributed by atoms with Crippen LogP contribution in [0.25, 0.3) is 11.3 Å². The number of methoxy groups -OCH3 is 1. The van der Waals surface area contributed by atoms with Crippen molar-refractivity contribution in [3.05, 3.63) is 35.0 Å². The summed E-state index contributed by atoms with van der Waals surface area (Å²) in [5.41, 5.74) is 1.46. The van der Waals surface area contributed by atoms with Gasteiger partial charge < -0.3 is 10.1 Å². The lowest BCUT2D eigenvalue weighted by Crippen LogP contribution is -2.08. The summed E-state index contributed by atoms with van der Waals surface area (Å²) in [4.78, 5) is 8.60. The zero-order valence-corrected chi connectivity index (χ0v) is 12.2. The molecule has 1 aromatic heterocycles. The largest absolute Gasteiger partial charge is 0.496 e. The molecule has 2 aromatic rings. The van der Waals surface area contributed by atoms with Crippen molar-refractivity contribution in [3.63, 3.8) is 0 Å². The van der Waals surface area contributed by atoms with Gasteiger partial charge in [0.05, 0.1) is 12.8 Å². The van der Waals surface area contributed by atoms with E-state index in [0.717, 1.165) is 18.4 Å². The number of ether oxygens (including phenoxy) is 1. The molecule has 0 unspecified atom stereocenters. The van der Waals surface area contributed by atoms with Gasteiger partial charge in [0.1, 0.15) is 17.4 Å². The third-order valence-electron chi connectivity index (χ3n) is 3.25. The van der Waals surface area contributed by atoms with E-state index in [4.69, 9.17) is 16.3 Å². The molecule has 1 N–H and O–H groups in total. The molecule has 5 nitrogen and oxygen atoms in total. The molecule has 0 amide bonds. The highest BCUT2D eigenvalue weighted by Crippen LogP contribution is 2.34. The monoisotopic (exact) mass is 300 g/mol. The summed E-state index contributed by atoms with van der Waals surface area (Å²) < 4.78 is 5.34. The van der Waals surface area contributed by atoms with Crippen molar-refractivity contribution in [2.24, 2.45) is 0 Å². The molecule has 0 aliphatic heterocycles. The highest BCUT2D eigenvalue weighted by Gasteiger charge is 2.24. The standard InChI is InChI=1S/C15H13ClN4O/c1-21-12-5-3-2-4-10(12)13-11(8-17)14(16)20-15(19-13)18-9-6-7-9/h2-5,9H,6-7H2,1H3,(H,18,19,20). The normalized spacial score (nSPS) is 13.6. The Labute approximate surface area is 127 Å². The van der Waals surface area contributed by atoms with E-state index in [1.807, 2.05) is 24.3 Å². The first-order valence-electron chi connectivity index (χ1n) is 6.60. The van der Waals surface area contributed by atoms with E-state index in [0.29, 0.717) is 23.4 Å². The van der Waals surface area contributed by atoms with E-state index < -0.39 is 0 Å². The van der Waals surface area contributed by atoms with Gasteiger partial charge in [-0.05, 0) is 25.0 Å². The van der Waals surface area contributed by atoms with Crippen molar-refractivity contribution in [1.82, 2.24) is 9.97 Å². The number of para-hydroxylation sites is 1. The SMILES string of the molecule is COc1ccccc1-c1nc(NC2CC2)nc(Cl)c1C#N. The van der Waals surface area contributed by atoms with Gasteiger partial charge in [-0.15, -0.1) is 0 Å². The molecule has 6 heteroatoms. The van der Waals surface area contributed by atoms with Crippen LogP contribution in [0.5, 0.6) is 5.75 Å². The lowest BCUT2D eigenvalue weighted by Gasteiger charge is -2.11. The van der Waals surface area contributed by atoms with Crippen molar-refractivity contribution in [2.75, 3.05) is 12.4 Å². The predicted molar refractivity (Wildman–Crippen MR) is 80.4 cm³/mol. The number of nitriles is 1. The van der Waals surface area contributed by atoms with E-state index in [9.17, 15) is 5.26 Å². The number of nitrogens with one attached hydrogen (secondary N) is 1. The Morgan fingerprint density at radius 3 is 2.76 bits per heavy atom. The highest BCUT2D eigenvalue weighted by atomic mass is 35.5. The predicted octanol–water partition coefficient (Wildman–Crippen LogP) is 3.25. The molecular formula is C15H13ClN4O. The number of aromatic nitrogens is 2. The average molecular weight is 301 g/mol. The van der Waals surface area contributed by atoms with Crippen molar-refractivity contribution >= 4 is 17.5 Å². The summed E-state index contributed by atoms with van der Waals surface area (Å²) in [6.45, 7) is 0. The van der Waals surface area contributed by atoms with Crippen LogP contribution in [-0.4, -0.2) is 23.1 Å². The van der Waals surface area contributed by atoms with Crippen LogP contribution in [0.3, 0.4) is 0 Å². The van der Waals surface area contributed by atoms with Crippen LogP contribution in [0, 0.1) is 11.3 Å². The van der Waals surface area contributed by atoms with Gasteiger partial charge in [-0.2, -0.15) is 10.2 Å². The van der Waals surface area contributed by atoms with E-state index in [1.165, 1.54) is 0 Å². The number of anilines is 1. The third-order valence-corrected chi connectivity index (χ3v) is 3.52. The second-order valence-electron chi connectivity index (χ2n) is 4.79. The molecule has 0 radical (unpaired) electrons. The minimum absolute atomic E-state index is 0.150. The molecule has 1 aromatic carbocycles. The Balaban J connectivity index is 2.14. The second kappa shape index (κ2) is 5.58. The number of hydrogen-bond donors (Lipinski definition) is 1. The molecule has 0 spiro atoms. The number of nitrogens with zero attached hydrogens (tertiary/aromatic N) is 3. The van der Waals surface area contributed by atoms with Gasteiger partial charge in [0.15, 0.2) is 5.15 Å². The zero-order chi connectivity index (χ0) is 14.8. The Hall–Kier alpha value is -2.32. The first kappa shape index (κ1) is 13.7. The van der Waals surface area contributed by atoms with Crippen LogP contribution in [0.1, 0.15) is 18.4 Å². The van der Waals surface area contributed by atoms with Gasteiger partial charge in [0.25, 0.3) is 0 Å². The fourth-order valence-corrected chi connectivity index (χ4v) is 2.25. The molecule has 106 valence electrons. The highest BCUT2D eigenvalue weighted by molar-refractivity contribution is 6.31. The first-order valence-corrected chi connectivity index (χ1v) is 6.98. The van der Waals surface area contributed by atoms with Crippen LogP contribution < -0.4 is 10.1 Å². The molecule has 1 aliphatic carbocycles. The minimum atomic E-state index is 0.150. The van der Waals surface area contributed by atoms with E-state index in [1.54, 1.807) is 7.11 Å². The number of rotatable bonds is 4. The molecule has 0 atom stereocenters. The van der Waals surface area contributed by atoms with Crippen LogP contribution >= 0.6 is 11.6 Å². The number of benzene rings is 1. The number of hydrogen-bond acceptors (Lipinski definition) is 5. The summed E-state index contributed by atoms with van der Waals surface area (Å²) in [6, 6.07) is 9.86. The summed E-state index contributed by atoms with van der Waals surface area (Å²) in [5, 5.41) is 12.7. The van der Waals surface area contributed by atoms with Crippen molar-refractivity contribution in [3.8, 4) is 23.1 Å². The van der Waals surface area contributed by atoms with Gasteiger partial charge >= 0.3 is 0 Å². The Morgan fingerprint density at radius 1 is 1.33 bits per heavy atom. The topological polar surface area (TPSA) is 70.8 Å². The summed E-state index contributed by atoms with van der Waals surface area (Å²) in [7, 11) is 1.58. The average Bonchev–Trinajstić information content (AvgIpc) is 3.30. The van der Waals surface area contributed by atoms with Crippen molar-refractivity contribution in [2.45, 2.75) is 18.9 Å². The van der Waals surface area contributed by atoms with Crippen LogP contribution in [0.4, 0.5) is 5.95 Å². The van der Waals surface area contributed by atoms with Gasteiger partial charge in [-0.1, -0.05) is 23.7 Å². The Bertz CT molecular complexity index is 722. The molecule has 1 saturated carbocycles. The van der Waals surface area contributed by atoms with E-state index in [-0.39, 0.29) is 10.7 Å². The lowest BCUT2D eigenvalue weighted by atomic mass is 10.1. The smallest absolute Gasteiger partial charge is 0.224 e. The summed E-state index contributed by atoms with van der Waals surface area (Å²) in [5.74, 6) is 1.09. The summed E-state index contributed by atoms with van der Waals surface area (Å²) in [6.07, 6.45) is 2.20. The Morgan fingerprint density at radius 2 is 2.10 bits per heavy atom. The van der Waals surface area contributed by atoms with E-state index in [2.05, 4.69) is 21.4 Å².